The Kier molecular flexibility index (Phi) is 11.9. The number of aliphatic hydroxyl groups excluding tert-OH is 1. The fraction of sp³-hybridized carbons (Fsp3) is 0.667. The van der Waals surface area contributed by atoms with Crippen LogP contribution in [0.2, 0.25) is 0 Å². The number of hydrogen-bond donors (Lipinski definition) is 3. The Morgan fingerprint density at radius 2 is 2.04 bits per heavy atom. The number of guanidine groups is 1. The molecule has 0 fully saturated rings. The van der Waals surface area contributed by atoms with E-state index in [-0.39, 0.29) is 30.6 Å². The summed E-state index contributed by atoms with van der Waals surface area (Å²) in [6, 6.07) is 8.85. The first kappa shape index (κ1) is 23.2. The second-order valence-electron chi connectivity index (χ2n) is 7.06. The van der Waals surface area contributed by atoms with Crippen molar-refractivity contribution in [3.05, 3.63) is 35.4 Å². The van der Waals surface area contributed by atoms with E-state index in [0.29, 0.717) is 11.8 Å². The van der Waals surface area contributed by atoms with Gasteiger partial charge in [0.05, 0.1) is 0 Å². The van der Waals surface area contributed by atoms with Gasteiger partial charge in [0.2, 0.25) is 0 Å². The number of nitrogens with one attached hydrogen (secondary N) is 2. The van der Waals surface area contributed by atoms with Crippen molar-refractivity contribution < 1.29 is 5.11 Å². The quantitative estimate of drug-likeness (QED) is 0.288. The van der Waals surface area contributed by atoms with E-state index in [1.807, 2.05) is 0 Å². The Morgan fingerprint density at radius 1 is 1.23 bits per heavy atom. The molecule has 3 N–H and O–H groups in total. The molecule has 1 aromatic carbocycles. The van der Waals surface area contributed by atoms with Crippen molar-refractivity contribution >= 4 is 29.9 Å². The number of nitrogens with zero attached hydrogens (tertiary/aromatic N) is 1. The van der Waals surface area contributed by atoms with Gasteiger partial charge in [-0.15, -0.1) is 24.0 Å². The molecule has 4 nitrogen and oxygen atoms in total. The number of aliphatic hydroxyl groups is 1. The summed E-state index contributed by atoms with van der Waals surface area (Å²) in [6.45, 7) is 7.13. The van der Waals surface area contributed by atoms with Crippen LogP contribution >= 0.6 is 24.0 Å². The third kappa shape index (κ3) is 7.43. The summed E-state index contributed by atoms with van der Waals surface area (Å²) in [5, 5.41) is 16.1. The molecule has 0 saturated carbocycles. The maximum absolute atomic E-state index is 9.22. The number of fused-ring (bicyclic) bond motifs is 1. The van der Waals surface area contributed by atoms with Crippen LogP contribution in [0.5, 0.6) is 0 Å². The highest BCUT2D eigenvalue weighted by Crippen LogP contribution is 2.30. The molecule has 2 unspecified atom stereocenters. The molecule has 0 saturated heterocycles. The molecule has 2 atom stereocenters. The van der Waals surface area contributed by atoms with Crippen molar-refractivity contribution in [1.29, 1.82) is 0 Å². The van der Waals surface area contributed by atoms with Crippen LogP contribution in [-0.4, -0.2) is 37.3 Å². The first-order chi connectivity index (χ1) is 12.3. The molecule has 26 heavy (non-hydrogen) atoms. The largest absolute Gasteiger partial charge is 0.396 e. The van der Waals surface area contributed by atoms with Gasteiger partial charge in [0.15, 0.2) is 5.96 Å². The smallest absolute Gasteiger partial charge is 0.191 e. The van der Waals surface area contributed by atoms with E-state index in [2.05, 4.69) is 48.7 Å². The maximum atomic E-state index is 9.22. The lowest BCUT2D eigenvalue weighted by molar-refractivity contribution is 0.253. The van der Waals surface area contributed by atoms with Crippen molar-refractivity contribution in [3.8, 4) is 0 Å². The van der Waals surface area contributed by atoms with E-state index in [1.54, 1.807) is 0 Å². The molecule has 1 aliphatic rings. The monoisotopic (exact) mass is 473 g/mol. The standard InChI is InChI=1S/C21H35N3O.HI/c1-3-8-17(13-14-25)15-23-21(22-4-2)24-16-19-11-7-10-18-9-5-6-12-20(18)19;/h5-6,9,12,17,19,25H,3-4,7-8,10-11,13-16H2,1-2H3,(H2,22,23,24);1H. The topological polar surface area (TPSA) is 56.7 Å². The van der Waals surface area contributed by atoms with Gasteiger partial charge in [-0.05, 0) is 56.1 Å². The van der Waals surface area contributed by atoms with Gasteiger partial charge in [0, 0.05) is 32.2 Å². The van der Waals surface area contributed by atoms with E-state index in [0.717, 1.165) is 44.9 Å². The zero-order valence-electron chi connectivity index (χ0n) is 16.3. The molecule has 0 aliphatic heterocycles. The van der Waals surface area contributed by atoms with Crippen LogP contribution in [0.1, 0.15) is 63.0 Å². The normalized spacial score (nSPS) is 17.8. The third-order valence-corrected chi connectivity index (χ3v) is 5.10. The lowest BCUT2D eigenvalue weighted by atomic mass is 9.83. The molecular formula is C21H36IN3O. The summed E-state index contributed by atoms with van der Waals surface area (Å²) in [7, 11) is 0. The summed E-state index contributed by atoms with van der Waals surface area (Å²) in [4.78, 5) is 4.77. The van der Waals surface area contributed by atoms with E-state index >= 15 is 0 Å². The van der Waals surface area contributed by atoms with Gasteiger partial charge in [-0.2, -0.15) is 0 Å². The molecular weight excluding hydrogens is 437 g/mol. The summed E-state index contributed by atoms with van der Waals surface area (Å²) < 4.78 is 0. The molecule has 0 spiro atoms. The molecule has 148 valence electrons. The highest BCUT2D eigenvalue weighted by Gasteiger charge is 2.19. The van der Waals surface area contributed by atoms with Crippen LogP contribution in [0.4, 0.5) is 0 Å². The SMILES string of the molecule is CCCC(CCO)CN=C(NCC)NCC1CCCc2ccccc21.I. The molecule has 0 amide bonds. The van der Waals surface area contributed by atoms with Crippen molar-refractivity contribution in [1.82, 2.24) is 10.6 Å². The highest BCUT2D eigenvalue weighted by atomic mass is 127. The third-order valence-electron chi connectivity index (χ3n) is 5.10. The first-order valence-corrected chi connectivity index (χ1v) is 9.99. The number of rotatable bonds is 9. The second kappa shape index (κ2) is 13.4. The maximum Gasteiger partial charge on any atom is 0.191 e. The summed E-state index contributed by atoms with van der Waals surface area (Å²) in [5.74, 6) is 1.95. The summed E-state index contributed by atoms with van der Waals surface area (Å²) in [5.41, 5.74) is 3.01. The van der Waals surface area contributed by atoms with E-state index in [4.69, 9.17) is 4.99 Å². The number of aliphatic imine (C=N–C) groups is 1. The Labute approximate surface area is 176 Å². The van der Waals surface area contributed by atoms with Gasteiger partial charge in [0.25, 0.3) is 0 Å². The number of halogens is 1. The van der Waals surface area contributed by atoms with Crippen LogP contribution in [0.15, 0.2) is 29.3 Å². The minimum Gasteiger partial charge on any atom is -0.396 e. The van der Waals surface area contributed by atoms with Gasteiger partial charge in [0.1, 0.15) is 0 Å². The van der Waals surface area contributed by atoms with E-state index in [1.165, 1.54) is 30.4 Å². The summed E-state index contributed by atoms with van der Waals surface area (Å²) in [6.07, 6.45) is 6.83. The van der Waals surface area contributed by atoms with Gasteiger partial charge in [-0.1, -0.05) is 37.6 Å². The van der Waals surface area contributed by atoms with E-state index in [9.17, 15) is 5.11 Å². The van der Waals surface area contributed by atoms with Crippen LogP contribution in [0.25, 0.3) is 0 Å². The predicted molar refractivity (Wildman–Crippen MR) is 122 cm³/mol. The van der Waals surface area contributed by atoms with Crippen molar-refractivity contribution in [3.63, 3.8) is 0 Å². The van der Waals surface area contributed by atoms with Crippen LogP contribution in [0.3, 0.4) is 0 Å². The van der Waals surface area contributed by atoms with E-state index < -0.39 is 0 Å². The Morgan fingerprint density at radius 3 is 2.77 bits per heavy atom. The Bertz CT molecular complexity index is 530. The Balaban J connectivity index is 0.00000338. The van der Waals surface area contributed by atoms with Crippen LogP contribution in [0, 0.1) is 5.92 Å². The molecule has 2 rings (SSSR count). The van der Waals surface area contributed by atoms with Crippen LogP contribution in [-0.2, 0) is 6.42 Å². The Hall–Kier alpha value is -0.820. The molecule has 1 aliphatic carbocycles. The first-order valence-electron chi connectivity index (χ1n) is 9.99. The van der Waals surface area contributed by atoms with Crippen molar-refractivity contribution in [2.24, 2.45) is 10.9 Å². The van der Waals surface area contributed by atoms with Gasteiger partial charge < -0.3 is 15.7 Å². The number of aryl methyl sites for hydroxylation is 1. The average molecular weight is 473 g/mol. The minimum absolute atomic E-state index is 0. The molecule has 5 heteroatoms. The lowest BCUT2D eigenvalue weighted by Crippen LogP contribution is -2.40. The van der Waals surface area contributed by atoms with Gasteiger partial charge in [-0.25, -0.2) is 0 Å². The molecule has 0 bridgehead atoms. The summed E-state index contributed by atoms with van der Waals surface area (Å²) >= 11 is 0. The zero-order valence-corrected chi connectivity index (χ0v) is 18.7. The molecule has 1 aromatic rings. The highest BCUT2D eigenvalue weighted by molar-refractivity contribution is 14.0. The number of benzene rings is 1. The zero-order chi connectivity index (χ0) is 17.9. The second-order valence-corrected chi connectivity index (χ2v) is 7.06. The molecule has 0 radical (unpaired) electrons. The van der Waals surface area contributed by atoms with Gasteiger partial charge in [-0.3, -0.25) is 4.99 Å². The van der Waals surface area contributed by atoms with Gasteiger partial charge >= 0.3 is 0 Å². The molecule has 0 aromatic heterocycles. The molecule has 0 heterocycles. The average Bonchev–Trinajstić information content (AvgIpc) is 2.64. The predicted octanol–water partition coefficient (Wildman–Crippen LogP) is 4.08. The lowest BCUT2D eigenvalue weighted by Gasteiger charge is -2.26. The van der Waals surface area contributed by atoms with Crippen molar-refractivity contribution in [2.45, 2.75) is 58.3 Å². The fourth-order valence-corrected chi connectivity index (χ4v) is 3.77. The van der Waals surface area contributed by atoms with Crippen LogP contribution < -0.4 is 10.6 Å². The fourth-order valence-electron chi connectivity index (χ4n) is 3.77. The minimum atomic E-state index is 0. The number of hydrogen-bond acceptors (Lipinski definition) is 2. The van der Waals surface area contributed by atoms with Crippen molar-refractivity contribution in [2.75, 3.05) is 26.2 Å².